The van der Waals surface area contributed by atoms with E-state index in [1.165, 1.54) is 11.1 Å². The van der Waals surface area contributed by atoms with Gasteiger partial charge in [0.2, 0.25) is 10.0 Å². The van der Waals surface area contributed by atoms with E-state index in [-0.39, 0.29) is 17.3 Å². The van der Waals surface area contributed by atoms with Gasteiger partial charge in [-0.3, -0.25) is 4.79 Å². The lowest BCUT2D eigenvalue weighted by molar-refractivity contribution is -0.112. The Bertz CT molecular complexity index is 1600. The number of halogens is 1. The molecule has 45 heavy (non-hydrogen) atoms. The molecule has 0 aromatic heterocycles. The van der Waals surface area contributed by atoms with Crippen molar-refractivity contribution in [1.82, 2.24) is 4.72 Å². The molecule has 0 radical (unpaired) electrons. The van der Waals surface area contributed by atoms with Gasteiger partial charge in [0.05, 0.1) is 23.1 Å². The van der Waals surface area contributed by atoms with E-state index in [1.54, 1.807) is 20.1 Å². The van der Waals surface area contributed by atoms with Crippen LogP contribution < -0.4 is 14.4 Å². The van der Waals surface area contributed by atoms with Crippen molar-refractivity contribution in [3.63, 3.8) is 0 Å². The number of hydrogen-bond acceptors (Lipinski definition) is 6. The average Bonchev–Trinajstić information content (AvgIpc) is 3.15. The van der Waals surface area contributed by atoms with E-state index in [2.05, 4.69) is 27.7 Å². The van der Waals surface area contributed by atoms with Crippen LogP contribution in [0.5, 0.6) is 5.75 Å². The maximum absolute atomic E-state index is 13.5. The SMILES string of the molecule is C#CC[C@@]1(OC)CCC[C@H](C)[C@@H](C)S(=O)(=O)NC(=O)c2ccc3c(c2)N(C[C@@H]2CC[C@H]21)C[C@@]1(CCCc2cc(Cl)ccc21)CO3. The molecule has 2 heterocycles. The highest BCUT2D eigenvalue weighted by atomic mass is 35.5. The van der Waals surface area contributed by atoms with Gasteiger partial charge < -0.3 is 14.4 Å². The number of carbonyl (C=O) groups is 1. The van der Waals surface area contributed by atoms with Crippen molar-refractivity contribution in [3.8, 4) is 18.1 Å². The standard InChI is InChI=1S/C36H45ClN2O5S/c1-5-16-36(43-4)18-6-8-24(2)25(3)45(41,42)38-34(40)27-11-15-33-32(20-27)39(21-28-10-13-31(28)36)22-35(23-44-33)17-7-9-26-19-29(37)12-14-30(26)35/h1,11-12,14-15,19-20,24-25,28,31H,6-10,13,16-18,21-23H2,2-4H3,(H,38,40)/t24-,25+,28-,31+,35-,36+/m0/s1. The van der Waals surface area contributed by atoms with Crippen LogP contribution in [0.2, 0.25) is 5.02 Å². The molecule has 4 aliphatic rings. The molecule has 242 valence electrons. The number of terminal acetylenes is 1. The van der Waals surface area contributed by atoms with Crippen LogP contribution >= 0.6 is 11.6 Å². The second kappa shape index (κ2) is 12.5. The van der Waals surface area contributed by atoms with Crippen LogP contribution in [-0.2, 0) is 26.6 Å². The molecule has 0 unspecified atom stereocenters. The fraction of sp³-hybridized carbons (Fsp3) is 0.583. The highest BCUT2D eigenvalue weighted by molar-refractivity contribution is 7.90. The average molecular weight is 653 g/mol. The maximum Gasteiger partial charge on any atom is 0.264 e. The van der Waals surface area contributed by atoms with Gasteiger partial charge in [0.15, 0.2) is 0 Å². The first-order valence-electron chi connectivity index (χ1n) is 16.4. The summed E-state index contributed by atoms with van der Waals surface area (Å²) in [5.74, 6) is 3.47. The number of anilines is 1. The van der Waals surface area contributed by atoms with E-state index in [1.807, 2.05) is 25.1 Å². The molecule has 2 aliphatic heterocycles. The monoisotopic (exact) mass is 652 g/mol. The van der Waals surface area contributed by atoms with E-state index < -0.39 is 26.8 Å². The molecule has 1 saturated carbocycles. The van der Waals surface area contributed by atoms with E-state index in [0.29, 0.717) is 43.2 Å². The summed E-state index contributed by atoms with van der Waals surface area (Å²) in [6.45, 7) is 5.60. The molecule has 1 fully saturated rings. The number of benzene rings is 2. The van der Waals surface area contributed by atoms with E-state index in [9.17, 15) is 13.2 Å². The Hall–Kier alpha value is -2.73. The first-order chi connectivity index (χ1) is 21.5. The number of ether oxygens (including phenoxy) is 2. The van der Waals surface area contributed by atoms with Gasteiger partial charge in [0, 0.05) is 42.6 Å². The van der Waals surface area contributed by atoms with Gasteiger partial charge in [0.1, 0.15) is 5.75 Å². The van der Waals surface area contributed by atoms with Gasteiger partial charge in [-0.05, 0) is 111 Å². The third-order valence-corrected chi connectivity index (χ3v) is 13.6. The number of rotatable bonds is 2. The topological polar surface area (TPSA) is 84.9 Å². The lowest BCUT2D eigenvalue weighted by atomic mass is 9.61. The van der Waals surface area contributed by atoms with Gasteiger partial charge in [-0.1, -0.05) is 31.0 Å². The van der Waals surface area contributed by atoms with Crippen molar-refractivity contribution in [2.45, 2.75) is 87.9 Å². The van der Waals surface area contributed by atoms with Crippen molar-refractivity contribution in [3.05, 3.63) is 58.1 Å². The molecule has 2 bridgehead atoms. The molecule has 7 nitrogen and oxygen atoms in total. The van der Waals surface area contributed by atoms with Crippen LogP contribution in [0.4, 0.5) is 5.69 Å². The van der Waals surface area contributed by atoms with Crippen LogP contribution in [0.15, 0.2) is 36.4 Å². The Kier molecular flexibility index (Phi) is 8.93. The van der Waals surface area contributed by atoms with Gasteiger partial charge in [-0.25, -0.2) is 13.1 Å². The third kappa shape index (κ3) is 5.97. The first-order valence-corrected chi connectivity index (χ1v) is 18.3. The minimum Gasteiger partial charge on any atom is -0.490 e. The summed E-state index contributed by atoms with van der Waals surface area (Å²) < 4.78 is 42.1. The predicted octanol–water partition coefficient (Wildman–Crippen LogP) is 6.52. The summed E-state index contributed by atoms with van der Waals surface area (Å²) in [5, 5.41) is 0.000430. The van der Waals surface area contributed by atoms with E-state index in [4.69, 9.17) is 27.5 Å². The number of nitrogens with zero attached hydrogens (tertiary/aromatic N) is 1. The molecule has 1 N–H and O–H groups in total. The van der Waals surface area contributed by atoms with Crippen LogP contribution in [-0.4, -0.2) is 52.0 Å². The predicted molar refractivity (Wildman–Crippen MR) is 178 cm³/mol. The number of hydrogen-bond donors (Lipinski definition) is 1. The molecular formula is C36H45ClN2O5S. The van der Waals surface area contributed by atoms with Gasteiger partial charge in [0.25, 0.3) is 5.91 Å². The number of methoxy groups -OCH3 is 1. The van der Waals surface area contributed by atoms with E-state index in [0.717, 1.165) is 62.2 Å². The number of amides is 1. The number of sulfonamides is 1. The second-order valence-corrected chi connectivity index (χ2v) is 16.4. The molecule has 2 aromatic rings. The minimum absolute atomic E-state index is 0.152. The number of aryl methyl sites for hydroxylation is 1. The lowest BCUT2D eigenvalue weighted by Gasteiger charge is -2.51. The molecule has 6 atom stereocenters. The zero-order valence-corrected chi connectivity index (χ0v) is 28.2. The fourth-order valence-electron chi connectivity index (χ4n) is 8.47. The quantitative estimate of drug-likeness (QED) is 0.372. The lowest BCUT2D eigenvalue weighted by Crippen LogP contribution is -2.53. The molecule has 1 spiro atoms. The zero-order chi connectivity index (χ0) is 32.0. The highest BCUT2D eigenvalue weighted by Gasteiger charge is 2.49. The Balaban J connectivity index is 1.45. The Morgan fingerprint density at radius 1 is 1.13 bits per heavy atom. The fourth-order valence-corrected chi connectivity index (χ4v) is 9.97. The Morgan fingerprint density at radius 2 is 1.96 bits per heavy atom. The van der Waals surface area contributed by atoms with Crippen LogP contribution in [0.25, 0.3) is 0 Å². The zero-order valence-electron chi connectivity index (χ0n) is 26.6. The molecule has 0 saturated heterocycles. The molecular weight excluding hydrogens is 608 g/mol. The van der Waals surface area contributed by atoms with Crippen LogP contribution in [0, 0.1) is 30.1 Å². The van der Waals surface area contributed by atoms with Crippen molar-refractivity contribution in [2.75, 3.05) is 31.7 Å². The van der Waals surface area contributed by atoms with Gasteiger partial charge in [-0.15, -0.1) is 12.3 Å². The largest absolute Gasteiger partial charge is 0.490 e. The third-order valence-electron chi connectivity index (χ3n) is 11.4. The number of nitrogens with one attached hydrogen (secondary N) is 1. The summed E-state index contributed by atoms with van der Waals surface area (Å²) in [5.41, 5.74) is 2.93. The summed E-state index contributed by atoms with van der Waals surface area (Å²) in [6.07, 6.45) is 13.8. The Morgan fingerprint density at radius 3 is 2.69 bits per heavy atom. The molecule has 6 rings (SSSR count). The summed E-state index contributed by atoms with van der Waals surface area (Å²) in [6, 6.07) is 11.5. The maximum atomic E-state index is 13.5. The van der Waals surface area contributed by atoms with Gasteiger partial charge >= 0.3 is 0 Å². The summed E-state index contributed by atoms with van der Waals surface area (Å²) in [7, 11) is -2.13. The first kappa shape index (κ1) is 32.2. The number of carbonyl (C=O) groups excluding carboxylic acids is 1. The summed E-state index contributed by atoms with van der Waals surface area (Å²) in [4.78, 5) is 15.9. The normalized spacial score (nSPS) is 33.0. The highest BCUT2D eigenvalue weighted by Crippen LogP contribution is 2.50. The molecule has 9 heteroatoms. The van der Waals surface area contributed by atoms with Crippen molar-refractivity contribution < 1.29 is 22.7 Å². The smallest absolute Gasteiger partial charge is 0.264 e. The molecule has 1 amide bonds. The minimum atomic E-state index is -3.91. The molecule has 2 aromatic carbocycles. The van der Waals surface area contributed by atoms with Crippen molar-refractivity contribution in [2.24, 2.45) is 17.8 Å². The Labute approximate surface area is 273 Å². The van der Waals surface area contributed by atoms with Crippen LogP contribution in [0.1, 0.15) is 86.7 Å². The molecule has 2 aliphatic carbocycles. The van der Waals surface area contributed by atoms with Crippen molar-refractivity contribution >= 4 is 33.2 Å². The number of fused-ring (bicyclic) bond motifs is 4. The summed E-state index contributed by atoms with van der Waals surface area (Å²) >= 11 is 6.43. The van der Waals surface area contributed by atoms with Crippen molar-refractivity contribution in [1.29, 1.82) is 0 Å². The second-order valence-electron chi connectivity index (χ2n) is 13.9. The van der Waals surface area contributed by atoms with E-state index >= 15 is 0 Å². The van der Waals surface area contributed by atoms with Crippen LogP contribution in [0.3, 0.4) is 0 Å². The van der Waals surface area contributed by atoms with Gasteiger partial charge in [-0.2, -0.15) is 0 Å².